The highest BCUT2D eigenvalue weighted by molar-refractivity contribution is 7.89. The van der Waals surface area contributed by atoms with E-state index >= 15 is 0 Å². The molecule has 2 aliphatic rings. The lowest BCUT2D eigenvalue weighted by molar-refractivity contribution is -0.116. The number of aryl methyl sites for hydroxylation is 1. The number of sulfonamides is 1. The maximum atomic E-state index is 12.9. The summed E-state index contributed by atoms with van der Waals surface area (Å²) >= 11 is 0. The summed E-state index contributed by atoms with van der Waals surface area (Å²) in [5, 5.41) is 3.31. The molecule has 0 radical (unpaired) electrons. The summed E-state index contributed by atoms with van der Waals surface area (Å²) in [5.74, 6) is -0.0628. The van der Waals surface area contributed by atoms with Crippen molar-refractivity contribution in [3.8, 4) is 0 Å². The topological polar surface area (TPSA) is 87.7 Å². The van der Waals surface area contributed by atoms with E-state index in [0.29, 0.717) is 25.4 Å². The highest BCUT2D eigenvalue weighted by Gasteiger charge is 2.34. The average molecular weight is 432 g/mol. The van der Waals surface area contributed by atoms with Crippen LogP contribution in [-0.4, -0.2) is 54.2 Å². The zero-order valence-electron chi connectivity index (χ0n) is 16.5. The molecule has 158 valence electrons. The molecular weight excluding hydrogens is 402 g/mol. The SMILES string of the molecule is COCC1(CNS(=O)(=O)c2ccc3c(c2)N(C(C)=O)CCC3)CCNCC1.Cl. The van der Waals surface area contributed by atoms with E-state index < -0.39 is 10.0 Å². The van der Waals surface area contributed by atoms with Crippen molar-refractivity contribution in [2.24, 2.45) is 5.41 Å². The van der Waals surface area contributed by atoms with Crippen LogP contribution in [0, 0.1) is 5.41 Å². The van der Waals surface area contributed by atoms with Gasteiger partial charge in [0.05, 0.1) is 11.5 Å². The molecule has 0 aromatic heterocycles. The van der Waals surface area contributed by atoms with Gasteiger partial charge in [0.1, 0.15) is 0 Å². The van der Waals surface area contributed by atoms with Gasteiger partial charge in [-0.05, 0) is 56.5 Å². The predicted molar refractivity (Wildman–Crippen MR) is 112 cm³/mol. The van der Waals surface area contributed by atoms with Crippen LogP contribution in [-0.2, 0) is 26.0 Å². The van der Waals surface area contributed by atoms with E-state index in [-0.39, 0.29) is 28.6 Å². The molecule has 0 spiro atoms. The molecule has 0 aliphatic carbocycles. The van der Waals surface area contributed by atoms with Crippen LogP contribution < -0.4 is 14.9 Å². The first-order valence-electron chi connectivity index (χ1n) is 9.47. The van der Waals surface area contributed by atoms with E-state index in [9.17, 15) is 13.2 Å². The van der Waals surface area contributed by atoms with E-state index in [1.54, 1.807) is 24.1 Å². The summed E-state index contributed by atoms with van der Waals surface area (Å²) in [4.78, 5) is 13.8. The Labute approximate surface area is 173 Å². The highest BCUT2D eigenvalue weighted by Crippen LogP contribution is 2.31. The number of ether oxygens (including phenoxy) is 1. The first-order chi connectivity index (χ1) is 12.9. The molecule has 28 heavy (non-hydrogen) atoms. The zero-order valence-corrected chi connectivity index (χ0v) is 18.1. The lowest BCUT2D eigenvalue weighted by Gasteiger charge is -2.37. The van der Waals surface area contributed by atoms with Gasteiger partial charge in [-0.1, -0.05) is 6.07 Å². The highest BCUT2D eigenvalue weighted by atomic mass is 35.5. The molecule has 2 aliphatic heterocycles. The van der Waals surface area contributed by atoms with Crippen LogP contribution in [0.25, 0.3) is 0 Å². The Morgan fingerprint density at radius 1 is 1.32 bits per heavy atom. The quantitative estimate of drug-likeness (QED) is 0.715. The Morgan fingerprint density at radius 3 is 2.68 bits per heavy atom. The molecule has 1 fully saturated rings. The van der Waals surface area contributed by atoms with Crippen LogP contribution in [0.4, 0.5) is 5.69 Å². The van der Waals surface area contributed by atoms with Crippen LogP contribution >= 0.6 is 12.4 Å². The molecule has 1 saturated heterocycles. The Balaban J connectivity index is 0.00000280. The van der Waals surface area contributed by atoms with Crippen molar-refractivity contribution >= 4 is 34.0 Å². The standard InChI is InChI=1S/C19H29N3O4S.ClH/c1-15(23)22-11-3-4-16-5-6-17(12-18(16)22)27(24,25)21-13-19(14-26-2)7-9-20-10-8-19;/h5-6,12,20-21H,3-4,7-11,13-14H2,1-2H3;1H. The molecule has 1 amide bonds. The van der Waals surface area contributed by atoms with E-state index in [0.717, 1.165) is 44.3 Å². The van der Waals surface area contributed by atoms with Gasteiger partial charge in [-0.25, -0.2) is 13.1 Å². The molecule has 0 bridgehead atoms. The van der Waals surface area contributed by atoms with E-state index in [1.165, 1.54) is 6.92 Å². The van der Waals surface area contributed by atoms with E-state index in [2.05, 4.69) is 10.0 Å². The van der Waals surface area contributed by atoms with Crippen LogP contribution in [0.5, 0.6) is 0 Å². The second-order valence-corrected chi connectivity index (χ2v) is 9.34. The Morgan fingerprint density at radius 2 is 2.04 bits per heavy atom. The maximum Gasteiger partial charge on any atom is 0.240 e. The fourth-order valence-electron chi connectivity index (χ4n) is 4.02. The smallest absolute Gasteiger partial charge is 0.240 e. The number of hydrogen-bond donors (Lipinski definition) is 2. The van der Waals surface area contributed by atoms with Crippen molar-refractivity contribution in [3.63, 3.8) is 0 Å². The van der Waals surface area contributed by atoms with Gasteiger partial charge in [0.15, 0.2) is 0 Å². The molecule has 2 N–H and O–H groups in total. The van der Waals surface area contributed by atoms with Crippen LogP contribution in [0.15, 0.2) is 23.1 Å². The molecule has 2 heterocycles. The minimum atomic E-state index is -3.66. The van der Waals surface area contributed by atoms with Crippen molar-refractivity contribution in [1.82, 2.24) is 10.0 Å². The second kappa shape index (κ2) is 9.54. The van der Waals surface area contributed by atoms with Crippen molar-refractivity contribution in [1.29, 1.82) is 0 Å². The Kier molecular flexibility index (Phi) is 7.87. The minimum Gasteiger partial charge on any atom is -0.384 e. The van der Waals surface area contributed by atoms with Gasteiger partial charge in [0, 0.05) is 38.2 Å². The largest absolute Gasteiger partial charge is 0.384 e. The molecule has 9 heteroatoms. The van der Waals surface area contributed by atoms with Gasteiger partial charge >= 0.3 is 0 Å². The molecule has 3 rings (SSSR count). The van der Waals surface area contributed by atoms with Gasteiger partial charge in [0.25, 0.3) is 0 Å². The molecule has 0 unspecified atom stereocenters. The van der Waals surface area contributed by atoms with Crippen molar-refractivity contribution in [2.75, 3.05) is 44.8 Å². The first-order valence-corrected chi connectivity index (χ1v) is 11.0. The molecule has 1 aromatic carbocycles. The molecular formula is C19H30ClN3O4S. The molecule has 1 aromatic rings. The summed E-state index contributed by atoms with van der Waals surface area (Å²) < 4.78 is 34.0. The monoisotopic (exact) mass is 431 g/mol. The van der Waals surface area contributed by atoms with Crippen LogP contribution in [0.3, 0.4) is 0 Å². The summed E-state index contributed by atoms with van der Waals surface area (Å²) in [6.45, 7) is 4.73. The fraction of sp³-hybridized carbons (Fsp3) is 0.632. The number of rotatable bonds is 6. The zero-order chi connectivity index (χ0) is 19.5. The summed E-state index contributed by atoms with van der Waals surface area (Å²) in [7, 11) is -2.01. The number of nitrogens with one attached hydrogen (secondary N) is 2. The van der Waals surface area contributed by atoms with Gasteiger partial charge < -0.3 is 15.0 Å². The van der Waals surface area contributed by atoms with Crippen LogP contribution in [0.2, 0.25) is 0 Å². The van der Waals surface area contributed by atoms with Gasteiger partial charge in [-0.15, -0.1) is 12.4 Å². The third-order valence-corrected chi connectivity index (χ3v) is 7.02. The van der Waals surface area contributed by atoms with Crippen molar-refractivity contribution in [2.45, 2.75) is 37.5 Å². The number of benzene rings is 1. The Bertz CT molecular complexity index is 789. The van der Waals surface area contributed by atoms with Gasteiger partial charge in [-0.2, -0.15) is 0 Å². The number of hydrogen-bond acceptors (Lipinski definition) is 5. The molecule has 7 nitrogen and oxygen atoms in total. The number of halogens is 1. The van der Waals surface area contributed by atoms with Crippen molar-refractivity contribution < 1.29 is 17.9 Å². The number of methoxy groups -OCH3 is 1. The number of fused-ring (bicyclic) bond motifs is 1. The van der Waals surface area contributed by atoms with E-state index in [1.807, 2.05) is 6.07 Å². The van der Waals surface area contributed by atoms with Crippen LogP contribution in [0.1, 0.15) is 31.7 Å². The Hall–Kier alpha value is -1.19. The third kappa shape index (κ3) is 5.04. The minimum absolute atomic E-state index is 0. The van der Waals surface area contributed by atoms with Gasteiger partial charge in [0.2, 0.25) is 15.9 Å². The number of piperidine rings is 1. The number of nitrogens with zero attached hydrogens (tertiary/aromatic N) is 1. The lowest BCUT2D eigenvalue weighted by atomic mass is 9.80. The van der Waals surface area contributed by atoms with Gasteiger partial charge in [-0.3, -0.25) is 4.79 Å². The first kappa shape index (κ1) is 23.1. The second-order valence-electron chi connectivity index (χ2n) is 7.57. The molecule has 0 saturated carbocycles. The third-order valence-electron chi connectivity index (χ3n) is 5.62. The number of amides is 1. The lowest BCUT2D eigenvalue weighted by Crippen LogP contribution is -2.47. The number of carbonyl (C=O) groups excluding carboxylic acids is 1. The fourth-order valence-corrected chi connectivity index (χ4v) is 5.19. The molecule has 0 atom stereocenters. The van der Waals surface area contributed by atoms with Crippen molar-refractivity contribution in [3.05, 3.63) is 23.8 Å². The number of anilines is 1. The number of carbonyl (C=O) groups is 1. The van der Waals surface area contributed by atoms with E-state index in [4.69, 9.17) is 4.74 Å². The summed E-state index contributed by atoms with van der Waals surface area (Å²) in [6.07, 6.45) is 3.48. The average Bonchev–Trinajstić information content (AvgIpc) is 2.66. The normalized spacial score (nSPS) is 18.9. The summed E-state index contributed by atoms with van der Waals surface area (Å²) in [6, 6.07) is 5.09. The summed E-state index contributed by atoms with van der Waals surface area (Å²) in [5.41, 5.74) is 1.54. The maximum absolute atomic E-state index is 12.9. The predicted octanol–water partition coefficient (Wildman–Crippen LogP) is 1.70.